The zero-order valence-corrected chi connectivity index (χ0v) is 19.9. The third-order valence-corrected chi connectivity index (χ3v) is 5.70. The monoisotopic (exact) mass is 483 g/mol. The van der Waals surface area contributed by atoms with Crippen LogP contribution in [-0.2, 0) is 13.2 Å². The fourth-order valence-corrected chi connectivity index (χ4v) is 3.90. The molecule has 0 aromatic heterocycles. The number of halogens is 1. The van der Waals surface area contributed by atoms with E-state index in [0.29, 0.717) is 31.3 Å². The molecule has 5 heteroatoms. The van der Waals surface area contributed by atoms with Crippen LogP contribution in [0.2, 0.25) is 0 Å². The first-order valence-electron chi connectivity index (χ1n) is 10.6. The second-order valence-corrected chi connectivity index (χ2v) is 8.49. The minimum Gasteiger partial charge on any atom is -0.490 e. The van der Waals surface area contributed by atoms with E-state index in [2.05, 4.69) is 52.4 Å². The molecule has 0 spiro atoms. The molecule has 2 atom stereocenters. The average Bonchev–Trinajstić information content (AvgIpc) is 2.78. The van der Waals surface area contributed by atoms with Crippen molar-refractivity contribution < 1.29 is 14.6 Å². The predicted molar refractivity (Wildman–Crippen MR) is 129 cm³/mol. The van der Waals surface area contributed by atoms with Crippen LogP contribution in [0.4, 0.5) is 0 Å². The number of aliphatic hydroxyl groups is 1. The smallest absolute Gasteiger partial charge is 0.175 e. The van der Waals surface area contributed by atoms with Crippen molar-refractivity contribution >= 4 is 15.9 Å². The maximum absolute atomic E-state index is 10.6. The zero-order valence-electron chi connectivity index (χ0n) is 18.3. The van der Waals surface area contributed by atoms with E-state index >= 15 is 0 Å². The summed E-state index contributed by atoms with van der Waals surface area (Å²) in [6.07, 6.45) is -0.576. The van der Waals surface area contributed by atoms with Gasteiger partial charge in [-0.25, -0.2) is 0 Å². The van der Waals surface area contributed by atoms with E-state index in [4.69, 9.17) is 9.47 Å². The van der Waals surface area contributed by atoms with E-state index in [1.807, 2.05) is 56.3 Å². The molecular formula is C26H30BrNO3. The molecule has 4 nitrogen and oxygen atoms in total. The maximum Gasteiger partial charge on any atom is 0.175 e. The second kappa shape index (κ2) is 11.3. The predicted octanol–water partition coefficient (Wildman–Crippen LogP) is 5.95. The highest BCUT2D eigenvalue weighted by molar-refractivity contribution is 9.10. The third-order valence-electron chi connectivity index (χ3n) is 5.12. The first-order chi connectivity index (χ1) is 15.0. The van der Waals surface area contributed by atoms with Crippen LogP contribution in [0.15, 0.2) is 71.2 Å². The van der Waals surface area contributed by atoms with Gasteiger partial charge < -0.3 is 19.9 Å². The van der Waals surface area contributed by atoms with E-state index < -0.39 is 6.10 Å². The van der Waals surface area contributed by atoms with Gasteiger partial charge in [-0.1, -0.05) is 60.2 Å². The molecule has 0 aliphatic carbocycles. The van der Waals surface area contributed by atoms with E-state index in [-0.39, 0.29) is 6.04 Å². The van der Waals surface area contributed by atoms with Gasteiger partial charge in [-0.05, 0) is 65.5 Å². The Kier molecular flexibility index (Phi) is 8.52. The standard InChI is InChI=1S/C26H30BrNO3/c1-4-30-24-15-21(16-28-19(3)25(29)22-8-6-5-7-9-22)14-23(27)26(24)31-17-20-12-10-18(2)11-13-20/h5-15,19,25,28-29H,4,16-17H2,1-3H3. The quantitative estimate of drug-likeness (QED) is 0.374. The summed E-state index contributed by atoms with van der Waals surface area (Å²) in [5, 5.41) is 14.0. The van der Waals surface area contributed by atoms with Gasteiger partial charge in [-0.15, -0.1) is 0 Å². The Bertz CT molecular complexity index is 960. The van der Waals surface area contributed by atoms with Crippen molar-refractivity contribution in [1.82, 2.24) is 5.32 Å². The van der Waals surface area contributed by atoms with Gasteiger partial charge >= 0.3 is 0 Å². The van der Waals surface area contributed by atoms with Crippen molar-refractivity contribution in [3.05, 3.63) is 93.5 Å². The summed E-state index contributed by atoms with van der Waals surface area (Å²) in [7, 11) is 0. The number of rotatable bonds is 10. The lowest BCUT2D eigenvalue weighted by molar-refractivity contribution is 0.135. The van der Waals surface area contributed by atoms with Crippen LogP contribution in [0.25, 0.3) is 0 Å². The van der Waals surface area contributed by atoms with Gasteiger partial charge in [0.25, 0.3) is 0 Å². The minimum absolute atomic E-state index is 0.103. The summed E-state index contributed by atoms with van der Waals surface area (Å²) in [5.41, 5.74) is 4.28. The molecule has 0 saturated carbocycles. The number of benzene rings is 3. The molecule has 31 heavy (non-hydrogen) atoms. The average molecular weight is 484 g/mol. The Morgan fingerprint density at radius 2 is 1.68 bits per heavy atom. The Balaban J connectivity index is 1.68. The topological polar surface area (TPSA) is 50.7 Å². The molecule has 0 aliphatic rings. The molecule has 3 aromatic carbocycles. The molecule has 0 amide bonds. The lowest BCUT2D eigenvalue weighted by Crippen LogP contribution is -2.31. The maximum atomic E-state index is 10.6. The normalized spacial score (nSPS) is 12.9. The minimum atomic E-state index is -0.576. The number of aliphatic hydroxyl groups excluding tert-OH is 1. The van der Waals surface area contributed by atoms with Crippen molar-refractivity contribution in [2.24, 2.45) is 0 Å². The highest BCUT2D eigenvalue weighted by Gasteiger charge is 2.17. The highest BCUT2D eigenvalue weighted by Crippen LogP contribution is 2.37. The summed E-state index contributed by atoms with van der Waals surface area (Å²) >= 11 is 3.64. The molecule has 0 fully saturated rings. The van der Waals surface area contributed by atoms with Gasteiger partial charge in [0, 0.05) is 12.6 Å². The number of aryl methyl sites for hydroxylation is 1. The summed E-state index contributed by atoms with van der Waals surface area (Å²) < 4.78 is 12.8. The van der Waals surface area contributed by atoms with E-state index in [9.17, 15) is 5.11 Å². The van der Waals surface area contributed by atoms with Crippen molar-refractivity contribution in [2.75, 3.05) is 6.61 Å². The number of nitrogens with one attached hydrogen (secondary N) is 1. The van der Waals surface area contributed by atoms with Crippen molar-refractivity contribution in [3.8, 4) is 11.5 Å². The van der Waals surface area contributed by atoms with E-state index in [1.165, 1.54) is 5.56 Å². The molecule has 0 bridgehead atoms. The van der Waals surface area contributed by atoms with Crippen LogP contribution in [0.5, 0.6) is 11.5 Å². The van der Waals surface area contributed by atoms with Gasteiger partial charge in [0.1, 0.15) is 6.61 Å². The molecule has 164 valence electrons. The van der Waals surface area contributed by atoms with Gasteiger partial charge in [-0.2, -0.15) is 0 Å². The Hall–Kier alpha value is -2.34. The molecule has 0 radical (unpaired) electrons. The van der Waals surface area contributed by atoms with Crippen LogP contribution in [0.1, 0.15) is 42.2 Å². The zero-order chi connectivity index (χ0) is 22.2. The van der Waals surface area contributed by atoms with Gasteiger partial charge in [0.15, 0.2) is 11.5 Å². The first-order valence-corrected chi connectivity index (χ1v) is 11.4. The Morgan fingerprint density at radius 1 is 0.968 bits per heavy atom. The largest absolute Gasteiger partial charge is 0.490 e. The lowest BCUT2D eigenvalue weighted by Gasteiger charge is -2.21. The van der Waals surface area contributed by atoms with Crippen molar-refractivity contribution in [1.29, 1.82) is 0 Å². The molecule has 2 unspecified atom stereocenters. The van der Waals surface area contributed by atoms with Crippen LogP contribution < -0.4 is 14.8 Å². The molecule has 3 aromatic rings. The Labute approximate surface area is 193 Å². The molecule has 3 rings (SSSR count). The van der Waals surface area contributed by atoms with Gasteiger partial charge in [0.05, 0.1) is 17.2 Å². The van der Waals surface area contributed by atoms with Crippen LogP contribution >= 0.6 is 15.9 Å². The molecular weight excluding hydrogens is 454 g/mol. The highest BCUT2D eigenvalue weighted by atomic mass is 79.9. The number of hydrogen-bond donors (Lipinski definition) is 2. The van der Waals surface area contributed by atoms with E-state index in [1.54, 1.807) is 0 Å². The number of hydrogen-bond acceptors (Lipinski definition) is 4. The van der Waals surface area contributed by atoms with Gasteiger partial charge in [-0.3, -0.25) is 0 Å². The molecule has 0 saturated heterocycles. The summed E-state index contributed by atoms with van der Waals surface area (Å²) in [6, 6.07) is 21.9. The molecule has 2 N–H and O–H groups in total. The second-order valence-electron chi connectivity index (χ2n) is 7.64. The van der Waals surface area contributed by atoms with Crippen molar-refractivity contribution in [3.63, 3.8) is 0 Å². The summed E-state index contributed by atoms with van der Waals surface area (Å²) in [4.78, 5) is 0. The third kappa shape index (κ3) is 6.57. The van der Waals surface area contributed by atoms with Crippen molar-refractivity contribution in [2.45, 2.75) is 46.1 Å². The summed E-state index contributed by atoms with van der Waals surface area (Å²) in [6.45, 7) is 7.63. The number of ether oxygens (including phenoxy) is 2. The SMILES string of the molecule is CCOc1cc(CNC(C)C(O)c2ccccc2)cc(Br)c1OCc1ccc(C)cc1. The van der Waals surface area contributed by atoms with Crippen LogP contribution in [-0.4, -0.2) is 17.8 Å². The lowest BCUT2D eigenvalue weighted by atomic mass is 10.0. The van der Waals surface area contributed by atoms with Gasteiger partial charge in [0.2, 0.25) is 0 Å². The molecule has 0 aliphatic heterocycles. The molecule has 0 heterocycles. The van der Waals surface area contributed by atoms with Crippen LogP contribution in [0.3, 0.4) is 0 Å². The Morgan fingerprint density at radius 3 is 2.35 bits per heavy atom. The van der Waals surface area contributed by atoms with E-state index in [0.717, 1.165) is 21.2 Å². The summed E-state index contributed by atoms with van der Waals surface area (Å²) in [5.74, 6) is 1.40. The fraction of sp³-hybridized carbons (Fsp3) is 0.308. The van der Waals surface area contributed by atoms with Crippen LogP contribution in [0, 0.1) is 6.92 Å². The fourth-order valence-electron chi connectivity index (χ4n) is 3.30. The first kappa shape index (κ1) is 23.3.